The molecular weight excluding hydrogens is 364 g/mol. The van der Waals surface area contributed by atoms with Crippen LogP contribution in [0.1, 0.15) is 38.2 Å². The number of aliphatic hydroxyl groups is 1. The summed E-state index contributed by atoms with van der Waals surface area (Å²) in [4.78, 5) is 0. The van der Waals surface area contributed by atoms with Crippen LogP contribution in [0, 0.1) is 0 Å². The van der Waals surface area contributed by atoms with Gasteiger partial charge in [-0.2, -0.15) is 0 Å². The summed E-state index contributed by atoms with van der Waals surface area (Å²) < 4.78 is 36.5. The smallest absolute Gasteiger partial charge is 0.223 e. The minimum absolute atomic E-state index is 0.371. The zero-order valence-corrected chi connectivity index (χ0v) is 16.7. The fourth-order valence-electron chi connectivity index (χ4n) is 4.58. The molecule has 1 aromatic rings. The lowest BCUT2D eigenvalue weighted by atomic mass is 9.84. The molecule has 7 heteroatoms. The van der Waals surface area contributed by atoms with Gasteiger partial charge in [0.1, 0.15) is 18.3 Å². The molecule has 0 amide bonds. The van der Waals surface area contributed by atoms with Crippen molar-refractivity contribution in [1.29, 1.82) is 0 Å². The van der Waals surface area contributed by atoms with Crippen molar-refractivity contribution in [2.24, 2.45) is 0 Å². The average Bonchev–Trinajstić information content (AvgIpc) is 2.74. The monoisotopic (exact) mass is 394 g/mol. The minimum atomic E-state index is -1.06. The molecular formula is C21H30O7. The molecule has 1 aromatic carbocycles. The molecule has 2 aliphatic heterocycles. The number of rotatable bonds is 5. The van der Waals surface area contributed by atoms with Crippen LogP contribution in [0.2, 0.25) is 0 Å². The van der Waals surface area contributed by atoms with E-state index < -0.39 is 42.3 Å². The average molecular weight is 394 g/mol. The van der Waals surface area contributed by atoms with E-state index in [1.807, 2.05) is 37.3 Å². The maximum Gasteiger partial charge on any atom is 0.223 e. The van der Waals surface area contributed by atoms with Crippen molar-refractivity contribution in [3.8, 4) is 0 Å². The van der Waals surface area contributed by atoms with Gasteiger partial charge in [0.2, 0.25) is 11.6 Å². The number of fused-ring (bicyclic) bond motifs is 2. The van der Waals surface area contributed by atoms with Crippen molar-refractivity contribution < 1.29 is 33.5 Å². The van der Waals surface area contributed by atoms with E-state index >= 15 is 0 Å². The van der Waals surface area contributed by atoms with E-state index in [4.69, 9.17) is 28.4 Å². The van der Waals surface area contributed by atoms with Crippen molar-refractivity contribution in [2.45, 2.75) is 81.5 Å². The second-order valence-corrected chi connectivity index (χ2v) is 7.78. The third-order valence-electron chi connectivity index (χ3n) is 6.17. The Kier molecular flexibility index (Phi) is 5.77. The molecule has 156 valence electrons. The highest BCUT2D eigenvalue weighted by Gasteiger charge is 2.66. The molecule has 4 rings (SSSR count). The molecule has 0 unspecified atom stereocenters. The molecule has 7 nitrogen and oxygen atoms in total. The molecule has 2 heterocycles. The molecule has 3 aliphatic rings. The van der Waals surface area contributed by atoms with Crippen LogP contribution in [0.3, 0.4) is 0 Å². The van der Waals surface area contributed by atoms with Crippen LogP contribution in [-0.2, 0) is 35.0 Å². The van der Waals surface area contributed by atoms with Gasteiger partial charge in [-0.05, 0) is 25.3 Å². The summed E-state index contributed by atoms with van der Waals surface area (Å²) in [6, 6.07) is 9.87. The third kappa shape index (κ3) is 3.29. The van der Waals surface area contributed by atoms with Gasteiger partial charge in [0.05, 0.1) is 12.7 Å². The van der Waals surface area contributed by atoms with E-state index in [0.29, 0.717) is 19.4 Å². The van der Waals surface area contributed by atoms with Gasteiger partial charge in [0.15, 0.2) is 6.29 Å². The highest BCUT2D eigenvalue weighted by molar-refractivity contribution is 5.13. The lowest BCUT2D eigenvalue weighted by Crippen LogP contribution is -2.74. The van der Waals surface area contributed by atoms with Crippen molar-refractivity contribution in [2.75, 3.05) is 14.2 Å². The molecule has 0 radical (unpaired) electrons. The Hall–Kier alpha value is -1.06. The van der Waals surface area contributed by atoms with E-state index in [0.717, 1.165) is 18.4 Å². The fraction of sp³-hybridized carbons (Fsp3) is 0.714. The molecule has 1 saturated carbocycles. The van der Waals surface area contributed by atoms with E-state index in [2.05, 4.69) is 0 Å². The van der Waals surface area contributed by atoms with Crippen LogP contribution in [0.25, 0.3) is 0 Å². The summed E-state index contributed by atoms with van der Waals surface area (Å²) >= 11 is 0. The Morgan fingerprint density at radius 2 is 1.61 bits per heavy atom. The number of benzene rings is 1. The molecule has 1 aliphatic carbocycles. The van der Waals surface area contributed by atoms with Crippen LogP contribution >= 0.6 is 0 Å². The van der Waals surface area contributed by atoms with Gasteiger partial charge >= 0.3 is 0 Å². The van der Waals surface area contributed by atoms with E-state index in [9.17, 15) is 5.11 Å². The fourth-order valence-corrected chi connectivity index (χ4v) is 4.58. The molecule has 3 fully saturated rings. The van der Waals surface area contributed by atoms with Crippen LogP contribution in [0.4, 0.5) is 0 Å². The molecule has 0 aromatic heterocycles. The molecule has 28 heavy (non-hydrogen) atoms. The Bertz CT molecular complexity index is 655. The van der Waals surface area contributed by atoms with Gasteiger partial charge < -0.3 is 33.5 Å². The first-order valence-electron chi connectivity index (χ1n) is 9.99. The van der Waals surface area contributed by atoms with E-state index in [1.165, 1.54) is 0 Å². The van der Waals surface area contributed by atoms with Gasteiger partial charge in [-0.3, -0.25) is 0 Å². The Balaban J connectivity index is 1.59. The third-order valence-corrected chi connectivity index (χ3v) is 6.17. The van der Waals surface area contributed by atoms with Gasteiger partial charge in [-0.25, -0.2) is 0 Å². The summed E-state index contributed by atoms with van der Waals surface area (Å²) in [5, 5.41) is 10.8. The van der Waals surface area contributed by atoms with Crippen LogP contribution in [0.5, 0.6) is 0 Å². The zero-order valence-electron chi connectivity index (χ0n) is 16.7. The summed E-state index contributed by atoms with van der Waals surface area (Å²) in [5.74, 6) is -2.11. The standard InChI is InChI=1S/C21H30O7/c1-14-16(22)17-18(19(26-14)25-13-15-9-5-4-6-10-15)28-21(24-3)12-8-7-11-20(21,23-2)27-17/h4-6,9-10,14,16-19,22H,7-8,11-13H2,1-3H3/t14-,16-,17+,18+,19-,20+,21+/m0/s1. The second kappa shape index (κ2) is 7.99. The first kappa shape index (κ1) is 20.2. The number of hydrogen-bond acceptors (Lipinski definition) is 7. The van der Waals surface area contributed by atoms with Crippen LogP contribution in [-0.4, -0.2) is 61.6 Å². The normalized spacial score (nSPS) is 43.2. The largest absolute Gasteiger partial charge is 0.388 e. The lowest BCUT2D eigenvalue weighted by molar-refractivity contribution is -0.500. The highest BCUT2D eigenvalue weighted by Crippen LogP contribution is 2.51. The Morgan fingerprint density at radius 1 is 1.00 bits per heavy atom. The molecule has 1 N–H and O–H groups in total. The van der Waals surface area contributed by atoms with Crippen molar-refractivity contribution >= 4 is 0 Å². The Morgan fingerprint density at radius 3 is 2.21 bits per heavy atom. The van der Waals surface area contributed by atoms with Crippen LogP contribution < -0.4 is 0 Å². The van der Waals surface area contributed by atoms with Gasteiger partial charge in [0, 0.05) is 27.1 Å². The molecule has 7 atom stereocenters. The summed E-state index contributed by atoms with van der Waals surface area (Å²) in [6.07, 6.45) is -0.112. The minimum Gasteiger partial charge on any atom is -0.388 e. The molecule has 2 saturated heterocycles. The van der Waals surface area contributed by atoms with Gasteiger partial charge in [-0.15, -0.1) is 0 Å². The number of hydrogen-bond donors (Lipinski definition) is 1. The first-order valence-corrected chi connectivity index (χ1v) is 9.99. The van der Waals surface area contributed by atoms with E-state index in [-0.39, 0.29) is 0 Å². The van der Waals surface area contributed by atoms with E-state index in [1.54, 1.807) is 14.2 Å². The van der Waals surface area contributed by atoms with Gasteiger partial charge in [0.25, 0.3) is 0 Å². The van der Waals surface area contributed by atoms with Crippen molar-refractivity contribution in [3.63, 3.8) is 0 Å². The summed E-state index contributed by atoms with van der Waals surface area (Å²) in [7, 11) is 3.20. The molecule has 0 spiro atoms. The summed E-state index contributed by atoms with van der Waals surface area (Å²) in [5.41, 5.74) is 1.03. The second-order valence-electron chi connectivity index (χ2n) is 7.78. The topological polar surface area (TPSA) is 75.6 Å². The first-order chi connectivity index (χ1) is 13.5. The van der Waals surface area contributed by atoms with Gasteiger partial charge in [-0.1, -0.05) is 30.3 Å². The summed E-state index contributed by atoms with van der Waals surface area (Å²) in [6.45, 7) is 2.18. The number of methoxy groups -OCH3 is 2. The Labute approximate surface area is 165 Å². The maximum absolute atomic E-state index is 10.8. The number of aliphatic hydroxyl groups excluding tert-OH is 1. The lowest BCUT2D eigenvalue weighted by Gasteiger charge is -2.59. The quantitative estimate of drug-likeness (QED) is 0.822. The SMILES string of the molecule is CO[C@@]12CCCC[C@@]1(OC)O[C@H]1[C@@H](OCc3ccccc3)O[C@@H](C)[C@H](O)[C@H]1O2. The number of ether oxygens (including phenoxy) is 6. The zero-order chi connectivity index (χ0) is 19.8. The maximum atomic E-state index is 10.8. The predicted molar refractivity (Wildman–Crippen MR) is 99.3 cm³/mol. The van der Waals surface area contributed by atoms with Crippen molar-refractivity contribution in [3.05, 3.63) is 35.9 Å². The highest BCUT2D eigenvalue weighted by atomic mass is 16.8. The van der Waals surface area contributed by atoms with Crippen LogP contribution in [0.15, 0.2) is 30.3 Å². The predicted octanol–water partition coefficient (Wildman–Crippen LogP) is 2.35. The molecule has 0 bridgehead atoms. The van der Waals surface area contributed by atoms with Crippen molar-refractivity contribution in [1.82, 2.24) is 0 Å².